The van der Waals surface area contributed by atoms with Crippen LogP contribution in [0.15, 0.2) is 46.9 Å². The van der Waals surface area contributed by atoms with E-state index in [0.717, 1.165) is 27.6 Å². The maximum atomic E-state index is 10.4. The minimum atomic E-state index is -0.579. The molecule has 1 nitrogen and oxygen atoms in total. The number of benzene rings is 2. The van der Waals surface area contributed by atoms with Crippen molar-refractivity contribution in [3.8, 4) is 0 Å². The largest absolute Gasteiger partial charge is 0.384 e. The van der Waals surface area contributed by atoms with E-state index < -0.39 is 6.10 Å². The van der Waals surface area contributed by atoms with Gasteiger partial charge in [-0.2, -0.15) is 0 Å². The molecule has 0 bridgehead atoms. The van der Waals surface area contributed by atoms with Gasteiger partial charge in [0.2, 0.25) is 0 Å². The summed E-state index contributed by atoms with van der Waals surface area (Å²) in [7, 11) is 0. The Morgan fingerprint density at radius 1 is 1.11 bits per heavy atom. The van der Waals surface area contributed by atoms with Gasteiger partial charge in [0.15, 0.2) is 0 Å². The van der Waals surface area contributed by atoms with Crippen molar-refractivity contribution in [3.63, 3.8) is 0 Å². The monoisotopic (exact) mass is 304 g/mol. The lowest BCUT2D eigenvalue weighted by atomic mass is 9.99. The lowest BCUT2D eigenvalue weighted by Gasteiger charge is -2.14. The van der Waals surface area contributed by atoms with Crippen LogP contribution in [-0.2, 0) is 6.42 Å². The van der Waals surface area contributed by atoms with E-state index >= 15 is 0 Å². The van der Waals surface area contributed by atoms with E-state index in [2.05, 4.69) is 35.0 Å². The smallest absolute Gasteiger partial charge is 0.105 e. The molecule has 2 rings (SSSR count). The minimum Gasteiger partial charge on any atom is -0.384 e. The quantitative estimate of drug-likeness (QED) is 0.891. The molecule has 0 aliphatic rings. The van der Waals surface area contributed by atoms with Gasteiger partial charge in [0, 0.05) is 4.47 Å². The summed E-state index contributed by atoms with van der Waals surface area (Å²) in [6.07, 6.45) is 0.440. The number of aryl methyl sites for hydroxylation is 2. The highest BCUT2D eigenvalue weighted by atomic mass is 79.9. The number of hydrogen-bond acceptors (Lipinski definition) is 1. The summed E-state index contributed by atoms with van der Waals surface area (Å²) >= 11 is 3.50. The van der Waals surface area contributed by atoms with Crippen molar-refractivity contribution in [1.29, 1.82) is 0 Å². The van der Waals surface area contributed by atoms with E-state index in [4.69, 9.17) is 0 Å². The van der Waals surface area contributed by atoms with Gasteiger partial charge in [0.05, 0.1) is 0 Å². The second-order valence-corrected chi connectivity index (χ2v) is 5.38. The fraction of sp³-hybridized carbons (Fsp3) is 0.250. The van der Waals surface area contributed by atoms with Crippen LogP contribution in [0, 0.1) is 6.92 Å². The van der Waals surface area contributed by atoms with Crippen LogP contribution in [0.4, 0.5) is 0 Å². The summed E-state index contributed by atoms with van der Waals surface area (Å²) in [6.45, 7) is 4.16. The molecule has 94 valence electrons. The molecular formula is C16H17BrO. The Balaban J connectivity index is 2.34. The van der Waals surface area contributed by atoms with Gasteiger partial charge in [-0.15, -0.1) is 0 Å². The van der Waals surface area contributed by atoms with Crippen molar-refractivity contribution in [1.82, 2.24) is 0 Å². The van der Waals surface area contributed by atoms with Gasteiger partial charge >= 0.3 is 0 Å². The highest BCUT2D eigenvalue weighted by Gasteiger charge is 2.13. The third kappa shape index (κ3) is 2.82. The molecule has 2 aromatic carbocycles. The molecule has 0 spiro atoms. The second kappa shape index (κ2) is 5.68. The molecule has 2 heteroatoms. The fourth-order valence-electron chi connectivity index (χ4n) is 1.99. The summed E-state index contributed by atoms with van der Waals surface area (Å²) in [4.78, 5) is 0. The van der Waals surface area contributed by atoms with E-state index in [-0.39, 0.29) is 0 Å². The lowest BCUT2D eigenvalue weighted by Crippen LogP contribution is -2.01. The zero-order valence-electron chi connectivity index (χ0n) is 10.7. The number of hydrogen-bond donors (Lipinski definition) is 1. The Kier molecular flexibility index (Phi) is 4.20. The molecule has 1 unspecified atom stereocenters. The van der Waals surface area contributed by atoms with E-state index in [1.54, 1.807) is 0 Å². The first kappa shape index (κ1) is 13.3. The third-order valence-corrected chi connectivity index (χ3v) is 3.87. The molecule has 0 aliphatic heterocycles. The SMILES string of the molecule is CCc1ccc(C(O)c2cc(C)ccc2Br)cc1. The van der Waals surface area contributed by atoms with Crippen molar-refractivity contribution in [2.75, 3.05) is 0 Å². The maximum Gasteiger partial charge on any atom is 0.105 e. The van der Waals surface area contributed by atoms with Gasteiger partial charge < -0.3 is 5.11 Å². The predicted molar refractivity (Wildman–Crippen MR) is 78.8 cm³/mol. The standard InChI is InChI=1S/C16H17BrO/c1-3-12-5-7-13(8-6-12)16(18)14-10-11(2)4-9-15(14)17/h4-10,16,18H,3H2,1-2H3. The zero-order valence-corrected chi connectivity index (χ0v) is 12.2. The van der Waals surface area contributed by atoms with Crippen LogP contribution in [-0.4, -0.2) is 5.11 Å². The van der Waals surface area contributed by atoms with Crippen LogP contribution in [0.1, 0.15) is 35.3 Å². The molecule has 0 saturated carbocycles. The van der Waals surface area contributed by atoms with Crippen molar-refractivity contribution >= 4 is 15.9 Å². The summed E-state index contributed by atoms with van der Waals surface area (Å²) in [6, 6.07) is 14.2. The Hall–Kier alpha value is -1.12. The first-order valence-corrected chi connectivity index (χ1v) is 6.94. The number of halogens is 1. The number of aliphatic hydroxyl groups is 1. The highest BCUT2D eigenvalue weighted by molar-refractivity contribution is 9.10. The van der Waals surface area contributed by atoms with Crippen LogP contribution in [0.2, 0.25) is 0 Å². The maximum absolute atomic E-state index is 10.4. The van der Waals surface area contributed by atoms with Crippen LogP contribution in [0.3, 0.4) is 0 Å². The van der Waals surface area contributed by atoms with Crippen LogP contribution in [0.5, 0.6) is 0 Å². The van der Waals surface area contributed by atoms with Crippen molar-refractivity contribution in [2.45, 2.75) is 26.4 Å². The predicted octanol–water partition coefficient (Wildman–Crippen LogP) is 4.40. The minimum absolute atomic E-state index is 0.579. The lowest BCUT2D eigenvalue weighted by molar-refractivity contribution is 0.219. The van der Waals surface area contributed by atoms with Gasteiger partial charge in [-0.25, -0.2) is 0 Å². The van der Waals surface area contributed by atoms with Crippen molar-refractivity contribution < 1.29 is 5.11 Å². The first-order valence-electron chi connectivity index (χ1n) is 6.14. The van der Waals surface area contributed by atoms with Gasteiger partial charge in [-0.05, 0) is 36.1 Å². The summed E-state index contributed by atoms with van der Waals surface area (Å²) in [5, 5.41) is 10.4. The van der Waals surface area contributed by atoms with Gasteiger partial charge in [0.25, 0.3) is 0 Å². The Morgan fingerprint density at radius 3 is 2.39 bits per heavy atom. The molecule has 0 aromatic heterocycles. The molecule has 0 radical (unpaired) electrons. The topological polar surface area (TPSA) is 20.2 Å². The molecule has 0 fully saturated rings. The van der Waals surface area contributed by atoms with E-state index in [1.165, 1.54) is 5.56 Å². The first-order chi connectivity index (χ1) is 8.61. The Labute approximate surface area is 117 Å². The summed E-state index contributed by atoms with van der Waals surface area (Å²) < 4.78 is 0.945. The average molecular weight is 305 g/mol. The number of aliphatic hydroxyl groups excluding tert-OH is 1. The number of rotatable bonds is 3. The molecule has 0 heterocycles. The second-order valence-electron chi connectivity index (χ2n) is 4.52. The normalized spacial score (nSPS) is 12.4. The van der Waals surface area contributed by atoms with Gasteiger partial charge in [0.1, 0.15) is 6.10 Å². The molecule has 2 aromatic rings. The van der Waals surface area contributed by atoms with Crippen LogP contribution < -0.4 is 0 Å². The Bertz CT molecular complexity index is 531. The Morgan fingerprint density at radius 2 is 1.78 bits per heavy atom. The molecule has 1 atom stereocenters. The fourth-order valence-corrected chi connectivity index (χ4v) is 2.45. The van der Waals surface area contributed by atoms with Crippen molar-refractivity contribution in [3.05, 3.63) is 69.2 Å². The summed E-state index contributed by atoms with van der Waals surface area (Å²) in [5.41, 5.74) is 4.28. The van der Waals surface area contributed by atoms with E-state index in [9.17, 15) is 5.11 Å². The highest BCUT2D eigenvalue weighted by Crippen LogP contribution is 2.29. The van der Waals surface area contributed by atoms with Gasteiger partial charge in [-0.1, -0.05) is 64.8 Å². The molecule has 0 aliphatic carbocycles. The molecule has 18 heavy (non-hydrogen) atoms. The van der Waals surface area contributed by atoms with Crippen LogP contribution in [0.25, 0.3) is 0 Å². The zero-order chi connectivity index (χ0) is 13.1. The van der Waals surface area contributed by atoms with E-state index in [1.807, 2.05) is 37.3 Å². The van der Waals surface area contributed by atoms with Crippen LogP contribution >= 0.6 is 15.9 Å². The van der Waals surface area contributed by atoms with E-state index in [0.29, 0.717) is 0 Å². The van der Waals surface area contributed by atoms with Gasteiger partial charge in [-0.3, -0.25) is 0 Å². The van der Waals surface area contributed by atoms with Crippen molar-refractivity contribution in [2.24, 2.45) is 0 Å². The summed E-state index contributed by atoms with van der Waals surface area (Å²) in [5.74, 6) is 0. The molecular weight excluding hydrogens is 288 g/mol. The third-order valence-electron chi connectivity index (χ3n) is 3.15. The molecule has 0 saturated heterocycles. The molecule has 0 amide bonds. The average Bonchev–Trinajstić information content (AvgIpc) is 2.41. The molecule has 1 N–H and O–H groups in total.